The maximum atomic E-state index is 13.3. The third-order valence-corrected chi connectivity index (χ3v) is 7.46. The summed E-state index contributed by atoms with van der Waals surface area (Å²) in [4.78, 5) is 32.0. The summed E-state index contributed by atoms with van der Waals surface area (Å²) in [5, 5.41) is 0.511. The number of anilines is 1. The van der Waals surface area contributed by atoms with Crippen molar-refractivity contribution in [1.82, 2.24) is 9.29 Å². The van der Waals surface area contributed by atoms with Gasteiger partial charge in [-0.15, -0.1) is 0 Å². The molecule has 1 fully saturated rings. The van der Waals surface area contributed by atoms with E-state index in [1.54, 1.807) is 18.7 Å². The summed E-state index contributed by atoms with van der Waals surface area (Å²) in [5.41, 5.74) is 0.559. The molecule has 29 heavy (non-hydrogen) atoms. The van der Waals surface area contributed by atoms with Gasteiger partial charge in [0.25, 0.3) is 0 Å². The molecule has 10 heteroatoms. The van der Waals surface area contributed by atoms with Gasteiger partial charge in [0.1, 0.15) is 4.88 Å². The van der Waals surface area contributed by atoms with Crippen LogP contribution in [0, 0.1) is 12.8 Å². The number of unbranched alkanes of at least 4 members (excludes halogenated alkanes) is 2. The average Bonchev–Trinajstić information content (AvgIpc) is 3.06. The number of rotatable bonds is 9. The SMILES string of the molecule is CCCCCN(C(=O)C1CCN(S(C)(=O)=O)CC1)c1nc(C)c(C(=O)OCC)s1. The normalized spacial score (nSPS) is 16.0. The van der Waals surface area contributed by atoms with Gasteiger partial charge in [0, 0.05) is 25.6 Å². The topological polar surface area (TPSA) is 96.9 Å². The number of aryl methyl sites for hydroxylation is 1. The smallest absolute Gasteiger partial charge is 0.350 e. The van der Waals surface area contributed by atoms with Gasteiger partial charge in [0.05, 0.1) is 18.6 Å². The second-order valence-electron chi connectivity index (χ2n) is 7.26. The minimum Gasteiger partial charge on any atom is -0.462 e. The third kappa shape index (κ3) is 6.23. The molecule has 0 atom stereocenters. The van der Waals surface area contributed by atoms with Crippen molar-refractivity contribution in [3.05, 3.63) is 10.6 Å². The standard InChI is InChI=1S/C19H31N3O5S2/c1-5-7-8-11-22(19-20-14(3)16(28-19)18(24)27-6-2)17(23)15-9-12-21(13-10-15)29(4,25)26/h15H,5-13H2,1-4H3. The largest absolute Gasteiger partial charge is 0.462 e. The van der Waals surface area contributed by atoms with Gasteiger partial charge in [-0.3, -0.25) is 9.69 Å². The Morgan fingerprint density at radius 1 is 1.24 bits per heavy atom. The summed E-state index contributed by atoms with van der Waals surface area (Å²) < 4.78 is 30.0. The number of carbonyl (C=O) groups excluding carboxylic acids is 2. The van der Waals surface area contributed by atoms with E-state index in [9.17, 15) is 18.0 Å². The fraction of sp³-hybridized carbons (Fsp3) is 0.737. The Kier molecular flexibility index (Phi) is 8.59. The fourth-order valence-electron chi connectivity index (χ4n) is 3.36. The summed E-state index contributed by atoms with van der Waals surface area (Å²) in [6.07, 6.45) is 5.04. The van der Waals surface area contributed by atoms with E-state index in [1.165, 1.54) is 21.9 Å². The van der Waals surface area contributed by atoms with Crippen LogP contribution in [0.1, 0.15) is 61.3 Å². The van der Waals surface area contributed by atoms with Gasteiger partial charge in [0.15, 0.2) is 5.13 Å². The predicted octanol–water partition coefficient (Wildman–Crippen LogP) is 2.82. The molecule has 0 aromatic carbocycles. The molecule has 1 aromatic heterocycles. The quantitative estimate of drug-likeness (QED) is 0.428. The monoisotopic (exact) mass is 445 g/mol. The Hall–Kier alpha value is -1.52. The number of piperidine rings is 1. The number of sulfonamides is 1. The van der Waals surface area contributed by atoms with E-state index in [4.69, 9.17) is 4.74 Å². The predicted molar refractivity (Wildman–Crippen MR) is 114 cm³/mol. The second-order valence-corrected chi connectivity index (χ2v) is 10.2. The summed E-state index contributed by atoms with van der Waals surface area (Å²) in [5.74, 6) is -0.709. The number of thiazole rings is 1. The summed E-state index contributed by atoms with van der Waals surface area (Å²) in [7, 11) is -3.24. The highest BCUT2D eigenvalue weighted by Gasteiger charge is 2.33. The first-order chi connectivity index (χ1) is 13.7. The molecule has 2 rings (SSSR count). The minimum atomic E-state index is -3.24. The maximum Gasteiger partial charge on any atom is 0.350 e. The number of hydrogen-bond acceptors (Lipinski definition) is 7. The molecule has 1 aliphatic heterocycles. The van der Waals surface area contributed by atoms with Crippen LogP contribution < -0.4 is 4.90 Å². The molecule has 0 spiro atoms. The van der Waals surface area contributed by atoms with Crippen molar-refractivity contribution in [3.63, 3.8) is 0 Å². The fourth-order valence-corrected chi connectivity index (χ4v) is 5.22. The van der Waals surface area contributed by atoms with Gasteiger partial charge < -0.3 is 4.74 Å². The van der Waals surface area contributed by atoms with E-state index in [1.807, 2.05) is 0 Å². The lowest BCUT2D eigenvalue weighted by atomic mass is 9.96. The molecule has 1 amide bonds. The van der Waals surface area contributed by atoms with Crippen LogP contribution in [-0.4, -0.2) is 62.1 Å². The number of amides is 1. The molecule has 0 saturated carbocycles. The van der Waals surface area contributed by atoms with Crippen LogP contribution in [0.5, 0.6) is 0 Å². The number of esters is 1. The zero-order valence-electron chi connectivity index (χ0n) is 17.6. The first-order valence-corrected chi connectivity index (χ1v) is 12.8. The molecular formula is C19H31N3O5S2. The first kappa shape index (κ1) is 23.8. The molecule has 164 valence electrons. The first-order valence-electron chi connectivity index (χ1n) is 10.1. The Morgan fingerprint density at radius 2 is 1.90 bits per heavy atom. The molecule has 8 nitrogen and oxygen atoms in total. The van der Waals surface area contributed by atoms with Crippen LogP contribution in [0.15, 0.2) is 0 Å². The van der Waals surface area contributed by atoms with Gasteiger partial charge in [-0.25, -0.2) is 22.5 Å². The van der Waals surface area contributed by atoms with E-state index < -0.39 is 16.0 Å². The van der Waals surface area contributed by atoms with Crippen molar-refractivity contribution in [3.8, 4) is 0 Å². The lowest BCUT2D eigenvalue weighted by molar-refractivity contribution is -0.123. The number of carbonyl (C=O) groups is 2. The van der Waals surface area contributed by atoms with Crippen LogP contribution >= 0.6 is 11.3 Å². The van der Waals surface area contributed by atoms with Crippen molar-refractivity contribution in [2.75, 3.05) is 37.4 Å². The number of ether oxygens (including phenoxy) is 1. The van der Waals surface area contributed by atoms with Gasteiger partial charge in [-0.1, -0.05) is 31.1 Å². The van der Waals surface area contributed by atoms with Gasteiger partial charge in [-0.05, 0) is 33.1 Å². The lowest BCUT2D eigenvalue weighted by Gasteiger charge is -2.32. The zero-order valence-corrected chi connectivity index (χ0v) is 19.3. The number of aromatic nitrogens is 1. The van der Waals surface area contributed by atoms with E-state index >= 15 is 0 Å². The van der Waals surface area contributed by atoms with Crippen LogP contribution in [0.4, 0.5) is 5.13 Å². The third-order valence-electron chi connectivity index (χ3n) is 5.00. The average molecular weight is 446 g/mol. The Labute approximate surface area is 177 Å². The van der Waals surface area contributed by atoms with E-state index in [0.29, 0.717) is 48.2 Å². The van der Waals surface area contributed by atoms with Gasteiger partial charge in [0.2, 0.25) is 15.9 Å². The van der Waals surface area contributed by atoms with Crippen molar-refractivity contribution in [2.24, 2.45) is 5.92 Å². The number of nitrogens with zero attached hydrogens (tertiary/aromatic N) is 3. The summed E-state index contributed by atoms with van der Waals surface area (Å²) in [6, 6.07) is 0. The Balaban J connectivity index is 2.19. The van der Waals surface area contributed by atoms with E-state index in [0.717, 1.165) is 19.3 Å². The molecular weight excluding hydrogens is 414 g/mol. The Bertz CT molecular complexity index is 814. The van der Waals surface area contributed by atoms with Crippen molar-refractivity contribution in [2.45, 2.75) is 52.9 Å². The maximum absolute atomic E-state index is 13.3. The Morgan fingerprint density at radius 3 is 2.45 bits per heavy atom. The van der Waals surface area contributed by atoms with Crippen molar-refractivity contribution >= 4 is 38.4 Å². The summed E-state index contributed by atoms with van der Waals surface area (Å²) >= 11 is 1.18. The molecule has 0 radical (unpaired) electrons. The minimum absolute atomic E-state index is 0.0431. The van der Waals surface area contributed by atoms with Crippen LogP contribution in [0.3, 0.4) is 0 Å². The molecule has 1 aromatic rings. The van der Waals surface area contributed by atoms with Crippen LogP contribution in [-0.2, 0) is 19.6 Å². The molecule has 0 bridgehead atoms. The second kappa shape index (κ2) is 10.5. The lowest BCUT2D eigenvalue weighted by Crippen LogP contribution is -2.44. The molecule has 2 heterocycles. The zero-order chi connectivity index (χ0) is 21.6. The highest BCUT2D eigenvalue weighted by atomic mass is 32.2. The van der Waals surface area contributed by atoms with Crippen molar-refractivity contribution in [1.29, 1.82) is 0 Å². The molecule has 1 aliphatic rings. The van der Waals surface area contributed by atoms with E-state index in [2.05, 4.69) is 11.9 Å². The molecule has 0 unspecified atom stereocenters. The number of hydrogen-bond donors (Lipinski definition) is 0. The van der Waals surface area contributed by atoms with Crippen LogP contribution in [0.25, 0.3) is 0 Å². The molecule has 0 aliphatic carbocycles. The highest BCUT2D eigenvalue weighted by molar-refractivity contribution is 7.88. The molecule has 1 saturated heterocycles. The molecule has 0 N–H and O–H groups in total. The highest BCUT2D eigenvalue weighted by Crippen LogP contribution is 2.30. The van der Waals surface area contributed by atoms with Crippen LogP contribution in [0.2, 0.25) is 0 Å². The van der Waals surface area contributed by atoms with Gasteiger partial charge in [-0.2, -0.15) is 0 Å². The van der Waals surface area contributed by atoms with E-state index in [-0.39, 0.29) is 18.4 Å². The van der Waals surface area contributed by atoms with Gasteiger partial charge >= 0.3 is 5.97 Å². The summed E-state index contributed by atoms with van der Waals surface area (Å²) in [6.45, 7) is 7.10. The van der Waals surface area contributed by atoms with Crippen molar-refractivity contribution < 1.29 is 22.7 Å².